The highest BCUT2D eigenvalue weighted by atomic mass is 79.9. The molecule has 0 fully saturated rings. The number of benzene rings is 2. The zero-order valence-electron chi connectivity index (χ0n) is 10.0. The average molecular weight is 315 g/mol. The summed E-state index contributed by atoms with van der Waals surface area (Å²) in [6, 6.07) is 19.0. The SMILES string of the molecule is O=c1cc(-c2ccccc2)[nH]n1-c1ccc(Br)cc1. The quantitative estimate of drug-likeness (QED) is 0.771. The lowest BCUT2D eigenvalue weighted by Crippen LogP contribution is -2.13. The summed E-state index contributed by atoms with van der Waals surface area (Å²) < 4.78 is 2.52. The van der Waals surface area contributed by atoms with E-state index in [1.54, 1.807) is 6.07 Å². The van der Waals surface area contributed by atoms with Gasteiger partial charge in [0.1, 0.15) is 0 Å². The first kappa shape index (κ1) is 12.0. The molecule has 3 rings (SSSR count). The number of aromatic nitrogens is 2. The number of aromatic amines is 1. The van der Waals surface area contributed by atoms with Crippen LogP contribution in [0.25, 0.3) is 16.9 Å². The predicted octanol–water partition coefficient (Wildman–Crippen LogP) is 3.60. The van der Waals surface area contributed by atoms with Crippen LogP contribution >= 0.6 is 15.9 Å². The minimum Gasteiger partial charge on any atom is -0.290 e. The Morgan fingerprint density at radius 1 is 0.947 bits per heavy atom. The number of nitrogens with one attached hydrogen (secondary N) is 1. The van der Waals surface area contributed by atoms with Gasteiger partial charge in [0.05, 0.1) is 11.4 Å². The van der Waals surface area contributed by atoms with Crippen molar-refractivity contribution in [3.63, 3.8) is 0 Å². The van der Waals surface area contributed by atoms with Crippen LogP contribution in [0.1, 0.15) is 0 Å². The molecule has 94 valence electrons. The Morgan fingerprint density at radius 2 is 1.63 bits per heavy atom. The van der Waals surface area contributed by atoms with Gasteiger partial charge in [0.25, 0.3) is 5.56 Å². The summed E-state index contributed by atoms with van der Waals surface area (Å²) in [5, 5.41) is 3.12. The normalized spacial score (nSPS) is 10.6. The van der Waals surface area contributed by atoms with Crippen molar-refractivity contribution in [1.29, 1.82) is 0 Å². The zero-order chi connectivity index (χ0) is 13.2. The van der Waals surface area contributed by atoms with Gasteiger partial charge in [-0.15, -0.1) is 0 Å². The smallest absolute Gasteiger partial charge is 0.271 e. The van der Waals surface area contributed by atoms with Crippen molar-refractivity contribution in [3.05, 3.63) is 75.5 Å². The van der Waals surface area contributed by atoms with Crippen molar-refractivity contribution in [2.45, 2.75) is 0 Å². The second kappa shape index (κ2) is 4.90. The van der Waals surface area contributed by atoms with Crippen LogP contribution in [0, 0.1) is 0 Å². The second-order valence-electron chi connectivity index (χ2n) is 4.19. The molecule has 0 atom stereocenters. The molecule has 1 N–H and O–H groups in total. The van der Waals surface area contributed by atoms with Crippen LogP contribution < -0.4 is 5.56 Å². The van der Waals surface area contributed by atoms with Crippen LogP contribution in [-0.4, -0.2) is 9.78 Å². The molecule has 0 aliphatic carbocycles. The van der Waals surface area contributed by atoms with Gasteiger partial charge in [-0.2, -0.15) is 0 Å². The molecule has 19 heavy (non-hydrogen) atoms. The van der Waals surface area contributed by atoms with Crippen LogP contribution in [0.4, 0.5) is 0 Å². The number of halogens is 1. The van der Waals surface area contributed by atoms with E-state index in [9.17, 15) is 4.79 Å². The number of rotatable bonds is 2. The third kappa shape index (κ3) is 2.39. The minimum absolute atomic E-state index is 0.0684. The van der Waals surface area contributed by atoms with Gasteiger partial charge in [-0.25, -0.2) is 4.68 Å². The highest BCUT2D eigenvalue weighted by Gasteiger charge is 2.06. The van der Waals surface area contributed by atoms with Gasteiger partial charge >= 0.3 is 0 Å². The molecule has 0 aliphatic rings. The van der Waals surface area contributed by atoms with Crippen molar-refractivity contribution >= 4 is 15.9 Å². The summed E-state index contributed by atoms with van der Waals surface area (Å²) in [6.07, 6.45) is 0. The molecule has 0 aliphatic heterocycles. The Labute approximate surface area is 118 Å². The molecule has 0 saturated carbocycles. The lowest BCUT2D eigenvalue weighted by Gasteiger charge is -2.02. The standard InChI is InChI=1S/C15H11BrN2O/c16-12-6-8-13(9-7-12)18-15(19)10-14(17-18)11-4-2-1-3-5-11/h1-10,17H. The summed E-state index contributed by atoms with van der Waals surface area (Å²) in [5.74, 6) is 0. The first-order valence-corrected chi connectivity index (χ1v) is 6.67. The largest absolute Gasteiger partial charge is 0.290 e. The highest BCUT2D eigenvalue weighted by molar-refractivity contribution is 9.10. The van der Waals surface area contributed by atoms with Gasteiger partial charge in [-0.05, 0) is 29.8 Å². The van der Waals surface area contributed by atoms with Crippen molar-refractivity contribution < 1.29 is 0 Å². The van der Waals surface area contributed by atoms with E-state index >= 15 is 0 Å². The lowest BCUT2D eigenvalue weighted by atomic mass is 10.2. The molecule has 3 aromatic rings. The molecule has 1 aromatic heterocycles. The van der Waals surface area contributed by atoms with Crippen LogP contribution in [0.2, 0.25) is 0 Å². The third-order valence-corrected chi connectivity index (χ3v) is 3.42. The van der Waals surface area contributed by atoms with Crippen LogP contribution in [0.15, 0.2) is 69.9 Å². The maximum Gasteiger partial charge on any atom is 0.271 e. The molecule has 4 heteroatoms. The minimum atomic E-state index is -0.0684. The lowest BCUT2D eigenvalue weighted by molar-refractivity contribution is 0.852. The number of H-pyrrole nitrogens is 1. The fourth-order valence-corrected chi connectivity index (χ4v) is 2.21. The van der Waals surface area contributed by atoms with Crippen LogP contribution in [-0.2, 0) is 0 Å². The summed E-state index contributed by atoms with van der Waals surface area (Å²) in [5.41, 5.74) is 2.56. The number of nitrogens with zero attached hydrogens (tertiary/aromatic N) is 1. The molecular weight excluding hydrogens is 304 g/mol. The van der Waals surface area contributed by atoms with E-state index in [1.807, 2.05) is 54.6 Å². The van der Waals surface area contributed by atoms with E-state index in [0.29, 0.717) is 0 Å². The van der Waals surface area contributed by atoms with Gasteiger partial charge < -0.3 is 0 Å². The molecule has 0 spiro atoms. The number of hydrogen-bond donors (Lipinski definition) is 1. The number of hydrogen-bond acceptors (Lipinski definition) is 1. The Balaban J connectivity index is 2.08. The summed E-state index contributed by atoms with van der Waals surface area (Å²) in [7, 11) is 0. The molecule has 1 heterocycles. The summed E-state index contributed by atoms with van der Waals surface area (Å²) in [6.45, 7) is 0. The topological polar surface area (TPSA) is 37.8 Å². The van der Waals surface area contributed by atoms with Crippen molar-refractivity contribution in [2.75, 3.05) is 0 Å². The van der Waals surface area contributed by atoms with E-state index in [0.717, 1.165) is 21.4 Å². The van der Waals surface area contributed by atoms with Gasteiger partial charge in [-0.3, -0.25) is 9.89 Å². The molecule has 0 saturated heterocycles. The Morgan fingerprint density at radius 3 is 2.32 bits per heavy atom. The van der Waals surface area contributed by atoms with Gasteiger partial charge in [0.2, 0.25) is 0 Å². The van der Waals surface area contributed by atoms with E-state index in [4.69, 9.17) is 0 Å². The monoisotopic (exact) mass is 314 g/mol. The third-order valence-electron chi connectivity index (χ3n) is 2.89. The zero-order valence-corrected chi connectivity index (χ0v) is 11.6. The maximum absolute atomic E-state index is 12.0. The van der Waals surface area contributed by atoms with E-state index < -0.39 is 0 Å². The Bertz CT molecular complexity index is 742. The van der Waals surface area contributed by atoms with E-state index in [-0.39, 0.29) is 5.56 Å². The fourth-order valence-electron chi connectivity index (χ4n) is 1.94. The second-order valence-corrected chi connectivity index (χ2v) is 5.10. The highest BCUT2D eigenvalue weighted by Crippen LogP contribution is 2.17. The molecule has 0 amide bonds. The molecular formula is C15H11BrN2O. The summed E-state index contributed by atoms with van der Waals surface area (Å²) in [4.78, 5) is 12.0. The van der Waals surface area contributed by atoms with Gasteiger partial charge in [0, 0.05) is 10.5 Å². The summed E-state index contributed by atoms with van der Waals surface area (Å²) >= 11 is 3.38. The average Bonchev–Trinajstić information content (AvgIpc) is 2.83. The molecule has 0 bridgehead atoms. The molecule has 0 unspecified atom stereocenters. The molecule has 2 aromatic carbocycles. The Hall–Kier alpha value is -2.07. The van der Waals surface area contributed by atoms with Crippen LogP contribution in [0.5, 0.6) is 0 Å². The molecule has 3 nitrogen and oxygen atoms in total. The van der Waals surface area contributed by atoms with Crippen LogP contribution in [0.3, 0.4) is 0 Å². The first-order chi connectivity index (χ1) is 9.24. The molecule has 0 radical (unpaired) electrons. The Kier molecular flexibility index (Phi) is 3.09. The van der Waals surface area contributed by atoms with E-state index in [2.05, 4.69) is 21.0 Å². The van der Waals surface area contributed by atoms with Crippen molar-refractivity contribution in [3.8, 4) is 16.9 Å². The van der Waals surface area contributed by atoms with E-state index in [1.165, 1.54) is 4.68 Å². The predicted molar refractivity (Wildman–Crippen MR) is 79.5 cm³/mol. The first-order valence-electron chi connectivity index (χ1n) is 5.87. The van der Waals surface area contributed by atoms with Gasteiger partial charge in [-0.1, -0.05) is 46.3 Å². The fraction of sp³-hybridized carbons (Fsp3) is 0. The van der Waals surface area contributed by atoms with Crippen molar-refractivity contribution in [1.82, 2.24) is 9.78 Å². The van der Waals surface area contributed by atoms with Crippen molar-refractivity contribution in [2.24, 2.45) is 0 Å². The van der Waals surface area contributed by atoms with Gasteiger partial charge in [0.15, 0.2) is 0 Å². The maximum atomic E-state index is 12.0.